The molecule has 1 aliphatic rings. The van der Waals surface area contributed by atoms with Crippen LogP contribution in [-0.2, 0) is 6.54 Å². The Kier molecular flexibility index (Phi) is 5.20. The molecule has 1 saturated carbocycles. The van der Waals surface area contributed by atoms with E-state index < -0.39 is 0 Å². The highest BCUT2D eigenvalue weighted by atomic mass is 32.1. The first-order valence-corrected chi connectivity index (χ1v) is 7.66. The summed E-state index contributed by atoms with van der Waals surface area (Å²) in [4.78, 5) is 0. The maximum Gasteiger partial charge on any atom is 0.166 e. The number of thiocarbonyl (C=S) groups is 1. The van der Waals surface area contributed by atoms with Gasteiger partial charge in [-0.05, 0) is 36.0 Å². The van der Waals surface area contributed by atoms with Crippen LogP contribution in [0.15, 0.2) is 30.3 Å². The van der Waals surface area contributed by atoms with Crippen LogP contribution < -0.4 is 10.6 Å². The summed E-state index contributed by atoms with van der Waals surface area (Å²) >= 11 is 5.40. The Bertz CT molecular complexity index is 404. The Morgan fingerprint density at radius 3 is 2.68 bits per heavy atom. The second-order valence-electron chi connectivity index (χ2n) is 5.69. The lowest BCUT2D eigenvalue weighted by molar-refractivity contribution is 0.224. The molecule has 0 radical (unpaired) electrons. The molecule has 0 spiro atoms. The molecular formula is C16H24N2S. The van der Waals surface area contributed by atoms with Gasteiger partial charge in [-0.25, -0.2) is 0 Å². The summed E-state index contributed by atoms with van der Waals surface area (Å²) in [6, 6.07) is 10.9. The van der Waals surface area contributed by atoms with Gasteiger partial charge < -0.3 is 10.6 Å². The number of hydrogen-bond donors (Lipinski definition) is 2. The van der Waals surface area contributed by atoms with E-state index in [2.05, 4.69) is 48.7 Å². The van der Waals surface area contributed by atoms with Crippen LogP contribution in [0.3, 0.4) is 0 Å². The third-order valence-electron chi connectivity index (χ3n) is 4.32. The van der Waals surface area contributed by atoms with Crippen molar-refractivity contribution >= 4 is 17.3 Å². The van der Waals surface area contributed by atoms with Crippen LogP contribution in [0, 0.1) is 11.8 Å². The van der Waals surface area contributed by atoms with Crippen molar-refractivity contribution in [3.63, 3.8) is 0 Å². The van der Waals surface area contributed by atoms with Gasteiger partial charge in [-0.2, -0.15) is 0 Å². The van der Waals surface area contributed by atoms with Crippen molar-refractivity contribution in [2.24, 2.45) is 11.8 Å². The molecule has 1 aliphatic carbocycles. The molecule has 0 amide bonds. The van der Waals surface area contributed by atoms with E-state index in [0.717, 1.165) is 17.6 Å². The van der Waals surface area contributed by atoms with Crippen LogP contribution in [0.1, 0.15) is 38.7 Å². The fourth-order valence-electron chi connectivity index (χ4n) is 2.78. The van der Waals surface area contributed by atoms with Gasteiger partial charge in [0, 0.05) is 12.6 Å². The number of benzene rings is 1. The summed E-state index contributed by atoms with van der Waals surface area (Å²) < 4.78 is 0. The van der Waals surface area contributed by atoms with Crippen LogP contribution in [0.4, 0.5) is 0 Å². The van der Waals surface area contributed by atoms with E-state index in [9.17, 15) is 0 Å². The Balaban J connectivity index is 1.78. The quantitative estimate of drug-likeness (QED) is 0.827. The van der Waals surface area contributed by atoms with Gasteiger partial charge >= 0.3 is 0 Å². The smallest absolute Gasteiger partial charge is 0.166 e. The minimum absolute atomic E-state index is 0.527. The number of hydrogen-bond acceptors (Lipinski definition) is 1. The molecular weight excluding hydrogens is 252 g/mol. The molecule has 0 aliphatic heterocycles. The lowest BCUT2D eigenvalue weighted by atomic mass is 9.78. The summed E-state index contributed by atoms with van der Waals surface area (Å²) in [5.41, 5.74) is 1.26. The van der Waals surface area contributed by atoms with Crippen molar-refractivity contribution < 1.29 is 0 Å². The van der Waals surface area contributed by atoms with E-state index >= 15 is 0 Å². The van der Waals surface area contributed by atoms with Gasteiger partial charge in [-0.1, -0.05) is 57.0 Å². The molecule has 3 atom stereocenters. The zero-order valence-corrected chi connectivity index (χ0v) is 12.7. The largest absolute Gasteiger partial charge is 0.360 e. The van der Waals surface area contributed by atoms with Gasteiger partial charge in [-0.3, -0.25) is 0 Å². The summed E-state index contributed by atoms with van der Waals surface area (Å²) in [5, 5.41) is 7.58. The third kappa shape index (κ3) is 4.20. The molecule has 2 rings (SSSR count). The van der Waals surface area contributed by atoms with Crippen LogP contribution in [0.25, 0.3) is 0 Å². The normalized spacial score (nSPS) is 26.7. The average molecular weight is 276 g/mol. The SMILES string of the molecule is C[C@@H]1[C@H](C)CCC[C@H]1NC(=S)NCc1ccccc1. The van der Waals surface area contributed by atoms with Gasteiger partial charge in [-0.15, -0.1) is 0 Å². The van der Waals surface area contributed by atoms with Gasteiger partial charge in [0.05, 0.1) is 0 Å². The Labute approximate surface area is 122 Å². The van der Waals surface area contributed by atoms with Gasteiger partial charge in [0.15, 0.2) is 5.11 Å². The molecule has 0 saturated heterocycles. The van der Waals surface area contributed by atoms with Crippen LogP contribution in [-0.4, -0.2) is 11.2 Å². The molecule has 1 aromatic carbocycles. The second-order valence-corrected chi connectivity index (χ2v) is 6.09. The average Bonchev–Trinajstić information content (AvgIpc) is 2.43. The topological polar surface area (TPSA) is 24.1 Å². The molecule has 3 heteroatoms. The van der Waals surface area contributed by atoms with E-state index in [4.69, 9.17) is 12.2 Å². The van der Waals surface area contributed by atoms with Gasteiger partial charge in [0.25, 0.3) is 0 Å². The van der Waals surface area contributed by atoms with Crippen molar-refractivity contribution in [3.8, 4) is 0 Å². The minimum atomic E-state index is 0.527. The summed E-state index contributed by atoms with van der Waals surface area (Å²) in [5.74, 6) is 1.49. The Morgan fingerprint density at radius 1 is 1.21 bits per heavy atom. The zero-order chi connectivity index (χ0) is 13.7. The molecule has 2 N–H and O–H groups in total. The highest BCUT2D eigenvalue weighted by Gasteiger charge is 2.27. The van der Waals surface area contributed by atoms with Gasteiger partial charge in [0.2, 0.25) is 0 Å². The molecule has 0 bridgehead atoms. The molecule has 2 nitrogen and oxygen atoms in total. The predicted octanol–water partition coefficient (Wildman–Crippen LogP) is 3.48. The van der Waals surface area contributed by atoms with Crippen molar-refractivity contribution in [2.45, 2.75) is 45.7 Å². The lowest BCUT2D eigenvalue weighted by Crippen LogP contribution is -2.47. The van der Waals surface area contributed by atoms with E-state index in [1.807, 2.05) is 6.07 Å². The first-order chi connectivity index (χ1) is 9.16. The predicted molar refractivity (Wildman–Crippen MR) is 85.0 cm³/mol. The summed E-state index contributed by atoms with van der Waals surface area (Å²) in [7, 11) is 0. The summed E-state index contributed by atoms with van der Waals surface area (Å²) in [6.45, 7) is 5.48. The zero-order valence-electron chi connectivity index (χ0n) is 11.9. The fourth-order valence-corrected chi connectivity index (χ4v) is 3.01. The molecule has 1 aromatic rings. The number of nitrogens with one attached hydrogen (secondary N) is 2. The lowest BCUT2D eigenvalue weighted by Gasteiger charge is -2.35. The monoisotopic (exact) mass is 276 g/mol. The van der Waals surface area contributed by atoms with Crippen molar-refractivity contribution in [1.29, 1.82) is 0 Å². The fraction of sp³-hybridized carbons (Fsp3) is 0.562. The number of rotatable bonds is 3. The Morgan fingerprint density at radius 2 is 1.95 bits per heavy atom. The standard InChI is InChI=1S/C16H24N2S/c1-12-7-6-10-15(13(12)2)18-16(19)17-11-14-8-4-3-5-9-14/h3-5,8-9,12-13,15H,6-7,10-11H2,1-2H3,(H2,17,18,19)/t12-,13-,15-/m1/s1. The van der Waals surface area contributed by atoms with Crippen molar-refractivity contribution in [2.75, 3.05) is 0 Å². The van der Waals surface area contributed by atoms with Crippen molar-refractivity contribution in [1.82, 2.24) is 10.6 Å². The van der Waals surface area contributed by atoms with Gasteiger partial charge in [0.1, 0.15) is 0 Å². The molecule has 0 unspecified atom stereocenters. The molecule has 19 heavy (non-hydrogen) atoms. The van der Waals surface area contributed by atoms with E-state index in [1.165, 1.54) is 24.8 Å². The minimum Gasteiger partial charge on any atom is -0.360 e. The third-order valence-corrected chi connectivity index (χ3v) is 4.58. The molecule has 1 fully saturated rings. The maximum absolute atomic E-state index is 5.40. The molecule has 0 aromatic heterocycles. The first-order valence-electron chi connectivity index (χ1n) is 7.25. The highest BCUT2D eigenvalue weighted by Crippen LogP contribution is 2.29. The summed E-state index contributed by atoms with van der Waals surface area (Å²) in [6.07, 6.45) is 3.90. The van der Waals surface area contributed by atoms with Crippen LogP contribution in [0.2, 0.25) is 0 Å². The Hall–Kier alpha value is -1.09. The second kappa shape index (κ2) is 6.90. The van der Waals surface area contributed by atoms with E-state index in [-0.39, 0.29) is 0 Å². The first kappa shape index (κ1) is 14.3. The molecule has 0 heterocycles. The van der Waals surface area contributed by atoms with Crippen LogP contribution in [0.5, 0.6) is 0 Å². The van der Waals surface area contributed by atoms with Crippen molar-refractivity contribution in [3.05, 3.63) is 35.9 Å². The highest BCUT2D eigenvalue weighted by molar-refractivity contribution is 7.80. The van der Waals surface area contributed by atoms with E-state index in [1.54, 1.807) is 0 Å². The van der Waals surface area contributed by atoms with E-state index in [0.29, 0.717) is 12.0 Å². The maximum atomic E-state index is 5.40. The molecule has 104 valence electrons. The van der Waals surface area contributed by atoms with Crippen LogP contribution >= 0.6 is 12.2 Å².